The molecule has 0 unspecified atom stereocenters. The first-order valence-electron chi connectivity index (χ1n) is 18.0. The van der Waals surface area contributed by atoms with Crippen LogP contribution in [0.4, 0.5) is 0 Å². The van der Waals surface area contributed by atoms with Gasteiger partial charge in [-0.25, -0.2) is 0 Å². The molecular weight excluding hydrogens is 638 g/mol. The average Bonchev–Trinajstić information content (AvgIpc) is 3.02. The third-order valence-electron chi connectivity index (χ3n) is 11.3. The van der Waals surface area contributed by atoms with E-state index in [9.17, 15) is 30.0 Å². The van der Waals surface area contributed by atoms with Gasteiger partial charge in [0.05, 0.1) is 41.5 Å². The maximum absolute atomic E-state index is 14.0. The molecule has 3 saturated heterocycles. The predicted octanol–water partition coefficient (Wildman–Crippen LogP) is 2.42. The van der Waals surface area contributed by atoms with Gasteiger partial charge in [-0.3, -0.25) is 9.59 Å². The standard InChI is InChI=1S/C36H65NO12/c1-13-26-18(2)14-19(3)28(39)25(38)16-35(8,43)32(49-34-29(40)24(37(10)11)15-20(4)45-34)21(5)30(22(6)33(42)47-26)48-27-17-36(9,44-12)31(41)23(7)46-27/h18-27,29-32,34,38,40-41,43H,13-17H2,1-12H3/t18-,19+,20-,21+,22-,23+,24+,25-,26+,27+,29-,30+,31+,32-,34+,35-,36-/m1/s1. The van der Waals surface area contributed by atoms with Gasteiger partial charge in [0.15, 0.2) is 18.4 Å². The number of hydrogen-bond donors (Lipinski definition) is 4. The molecule has 4 N–H and O–H groups in total. The van der Waals surface area contributed by atoms with Crippen molar-refractivity contribution in [3.63, 3.8) is 0 Å². The van der Waals surface area contributed by atoms with Crippen molar-refractivity contribution in [1.82, 2.24) is 4.90 Å². The van der Waals surface area contributed by atoms with Crippen LogP contribution in [0.5, 0.6) is 0 Å². The molecule has 0 saturated carbocycles. The zero-order valence-electron chi connectivity index (χ0n) is 31.7. The topological polar surface area (TPSA) is 174 Å². The van der Waals surface area contributed by atoms with Gasteiger partial charge in [-0.15, -0.1) is 0 Å². The molecule has 0 radical (unpaired) electrons. The minimum Gasteiger partial charge on any atom is -0.462 e. The number of carbonyl (C=O) groups excluding carboxylic acids is 2. The molecule has 13 heteroatoms. The van der Waals surface area contributed by atoms with Gasteiger partial charge in [-0.2, -0.15) is 0 Å². The minimum atomic E-state index is -1.88. The van der Waals surface area contributed by atoms with E-state index in [4.69, 9.17) is 28.4 Å². The highest BCUT2D eigenvalue weighted by Gasteiger charge is 2.52. The Labute approximate surface area is 292 Å². The van der Waals surface area contributed by atoms with Crippen molar-refractivity contribution in [2.24, 2.45) is 23.7 Å². The molecule has 0 aromatic heterocycles. The van der Waals surface area contributed by atoms with Crippen LogP contribution in [0, 0.1) is 23.7 Å². The fourth-order valence-electron chi connectivity index (χ4n) is 8.03. The fourth-order valence-corrected chi connectivity index (χ4v) is 8.03. The second-order valence-electron chi connectivity index (χ2n) is 15.8. The zero-order chi connectivity index (χ0) is 37.2. The van der Waals surface area contributed by atoms with Gasteiger partial charge in [0, 0.05) is 37.8 Å². The van der Waals surface area contributed by atoms with Crippen LogP contribution in [0.1, 0.15) is 94.4 Å². The molecule has 3 heterocycles. The molecule has 0 aromatic rings. The lowest BCUT2D eigenvalue weighted by molar-refractivity contribution is -0.318. The summed E-state index contributed by atoms with van der Waals surface area (Å²) >= 11 is 0. The number of aliphatic hydroxyl groups is 4. The molecule has 0 spiro atoms. The summed E-state index contributed by atoms with van der Waals surface area (Å²) < 4.78 is 37.2. The summed E-state index contributed by atoms with van der Waals surface area (Å²) in [7, 11) is 5.20. The van der Waals surface area contributed by atoms with E-state index in [0.717, 1.165) is 0 Å². The highest BCUT2D eigenvalue weighted by atomic mass is 16.7. The Kier molecular flexibility index (Phi) is 14.7. The number of likely N-dealkylation sites (N-methyl/N-ethyl adjacent to an activating group) is 1. The van der Waals surface area contributed by atoms with Crippen LogP contribution in [0.3, 0.4) is 0 Å². The number of rotatable bonds is 7. The van der Waals surface area contributed by atoms with Crippen LogP contribution in [-0.2, 0) is 38.0 Å². The quantitative estimate of drug-likeness (QED) is 0.285. The Morgan fingerprint density at radius 2 is 1.57 bits per heavy atom. The van der Waals surface area contributed by atoms with Crippen molar-refractivity contribution in [3.05, 3.63) is 0 Å². The number of carbonyl (C=O) groups is 2. The van der Waals surface area contributed by atoms with Crippen molar-refractivity contribution in [2.45, 2.75) is 173 Å². The summed E-state index contributed by atoms with van der Waals surface area (Å²) in [5, 5.41) is 45.7. The van der Waals surface area contributed by atoms with Gasteiger partial charge in [0.2, 0.25) is 0 Å². The Bertz CT molecular complexity index is 1090. The molecule has 0 aromatic carbocycles. The van der Waals surface area contributed by atoms with Crippen LogP contribution in [0.2, 0.25) is 0 Å². The smallest absolute Gasteiger partial charge is 0.311 e. The molecule has 3 rings (SSSR count). The Balaban J connectivity index is 2.13. The molecule has 3 aliphatic rings. The van der Waals surface area contributed by atoms with E-state index in [-0.39, 0.29) is 30.9 Å². The summed E-state index contributed by atoms with van der Waals surface area (Å²) in [6.45, 7) is 15.8. The number of aliphatic hydroxyl groups excluding tert-OH is 3. The molecule has 3 aliphatic heterocycles. The second-order valence-corrected chi connectivity index (χ2v) is 15.8. The molecule has 0 amide bonds. The summed E-state index contributed by atoms with van der Waals surface area (Å²) in [5.41, 5.74) is -2.89. The van der Waals surface area contributed by atoms with Crippen molar-refractivity contribution in [2.75, 3.05) is 21.2 Å². The predicted molar refractivity (Wildman–Crippen MR) is 180 cm³/mol. The molecule has 0 aliphatic carbocycles. The highest BCUT2D eigenvalue weighted by Crippen LogP contribution is 2.39. The van der Waals surface area contributed by atoms with E-state index in [1.54, 1.807) is 34.6 Å². The van der Waals surface area contributed by atoms with Crippen LogP contribution in [-0.4, -0.2) is 137 Å². The number of nitrogens with zero attached hydrogens (tertiary/aromatic N) is 1. The van der Waals surface area contributed by atoms with Gasteiger partial charge in [-0.05, 0) is 73.9 Å². The van der Waals surface area contributed by atoms with Crippen molar-refractivity contribution >= 4 is 11.8 Å². The van der Waals surface area contributed by atoms with Crippen molar-refractivity contribution in [1.29, 1.82) is 0 Å². The summed E-state index contributed by atoms with van der Waals surface area (Å²) in [6.07, 6.45) is -8.20. The van der Waals surface area contributed by atoms with Crippen LogP contribution in [0.25, 0.3) is 0 Å². The SMILES string of the molecule is CC[C@@H]1OC(=O)[C@H](C)[C@@H](O[C@H]2C[C@@](C)(OC)[C@@H](O)[C@H](C)O2)[C@H](C)[C@@H](O[C@@H]2O[C@H](C)C[C@H](N(C)C)[C@H]2O)[C@](C)(O)C[C@@H](O)C(=O)[C@@H](C)C[C@H]1C. The lowest BCUT2D eigenvalue weighted by atomic mass is 9.77. The number of ether oxygens (including phenoxy) is 6. The average molecular weight is 704 g/mol. The lowest BCUT2D eigenvalue weighted by Gasteiger charge is -2.48. The van der Waals surface area contributed by atoms with E-state index in [1.807, 2.05) is 39.8 Å². The van der Waals surface area contributed by atoms with Gasteiger partial charge in [0.25, 0.3) is 0 Å². The largest absolute Gasteiger partial charge is 0.462 e. The van der Waals surface area contributed by atoms with Crippen LogP contribution >= 0.6 is 0 Å². The minimum absolute atomic E-state index is 0.133. The number of esters is 1. The number of ketones is 1. The maximum Gasteiger partial charge on any atom is 0.311 e. The number of cyclic esters (lactones) is 1. The molecule has 0 bridgehead atoms. The molecule has 13 nitrogen and oxygen atoms in total. The normalized spacial score (nSPS) is 48.2. The summed E-state index contributed by atoms with van der Waals surface area (Å²) in [6, 6.07) is -0.315. The molecule has 17 atom stereocenters. The first-order chi connectivity index (χ1) is 22.7. The van der Waals surface area contributed by atoms with E-state index in [1.165, 1.54) is 14.0 Å². The van der Waals surface area contributed by atoms with Crippen LogP contribution in [0.15, 0.2) is 0 Å². The van der Waals surface area contributed by atoms with E-state index in [0.29, 0.717) is 19.3 Å². The molecular formula is C36H65NO12. The maximum atomic E-state index is 14.0. The Morgan fingerprint density at radius 3 is 2.14 bits per heavy atom. The Hall–Kier alpha value is -1.26. The zero-order valence-corrected chi connectivity index (χ0v) is 31.7. The fraction of sp³-hybridized carbons (Fsp3) is 0.944. The molecule has 286 valence electrons. The van der Waals surface area contributed by atoms with Gasteiger partial charge >= 0.3 is 5.97 Å². The van der Waals surface area contributed by atoms with E-state index < -0.39 is 96.0 Å². The van der Waals surface area contributed by atoms with E-state index in [2.05, 4.69) is 0 Å². The van der Waals surface area contributed by atoms with E-state index >= 15 is 0 Å². The van der Waals surface area contributed by atoms with Gasteiger partial charge < -0.3 is 53.7 Å². The van der Waals surface area contributed by atoms with Gasteiger partial charge in [0.1, 0.15) is 24.4 Å². The third kappa shape index (κ3) is 9.79. The van der Waals surface area contributed by atoms with Crippen LogP contribution < -0.4 is 0 Å². The highest BCUT2D eigenvalue weighted by molar-refractivity contribution is 5.85. The van der Waals surface area contributed by atoms with Gasteiger partial charge in [-0.1, -0.05) is 27.7 Å². The molecule has 3 fully saturated rings. The molecule has 49 heavy (non-hydrogen) atoms. The lowest BCUT2D eigenvalue weighted by Crippen LogP contribution is -2.60. The summed E-state index contributed by atoms with van der Waals surface area (Å²) in [5.74, 6) is -3.46. The van der Waals surface area contributed by atoms with Crippen molar-refractivity contribution in [3.8, 4) is 0 Å². The van der Waals surface area contributed by atoms with Crippen molar-refractivity contribution < 1.29 is 58.4 Å². The first kappa shape index (κ1) is 42.2. The number of hydrogen-bond acceptors (Lipinski definition) is 13. The Morgan fingerprint density at radius 1 is 0.939 bits per heavy atom. The summed E-state index contributed by atoms with van der Waals surface area (Å²) in [4.78, 5) is 29.3. The monoisotopic (exact) mass is 703 g/mol. The number of methoxy groups -OCH3 is 1. The first-order valence-corrected chi connectivity index (χ1v) is 18.0. The number of Topliss-reactive ketones (excluding diaryl/α,β-unsaturated/α-hetero) is 1. The third-order valence-corrected chi connectivity index (χ3v) is 11.3. The second kappa shape index (κ2) is 17.0.